The number of hydrogen-bond donors (Lipinski definition) is 1. The zero-order valence-electron chi connectivity index (χ0n) is 17.4. The smallest absolute Gasteiger partial charge is 0.294 e. The Balaban J connectivity index is 1.95. The van der Waals surface area contributed by atoms with E-state index in [2.05, 4.69) is 9.97 Å². The van der Waals surface area contributed by atoms with Gasteiger partial charge in [0.25, 0.3) is 6.47 Å². The number of aromatic nitrogens is 2. The molecule has 1 unspecified atom stereocenters. The van der Waals surface area contributed by atoms with Crippen molar-refractivity contribution in [2.75, 3.05) is 0 Å². The van der Waals surface area contributed by atoms with Gasteiger partial charge < -0.3 is 9.72 Å². The molecular formula is C25H18Cl2F2N2O2. The third-order valence-electron chi connectivity index (χ3n) is 5.53. The lowest BCUT2D eigenvalue weighted by atomic mass is 9.79. The van der Waals surface area contributed by atoms with E-state index in [1.165, 1.54) is 42.7 Å². The van der Waals surface area contributed by atoms with Crippen LogP contribution in [0.5, 0.6) is 0 Å². The van der Waals surface area contributed by atoms with Crippen LogP contribution >= 0.6 is 23.2 Å². The van der Waals surface area contributed by atoms with E-state index in [0.717, 1.165) is 5.56 Å². The molecule has 1 aromatic heterocycles. The summed E-state index contributed by atoms with van der Waals surface area (Å²) in [5.74, 6) is -1.15. The average Bonchev–Trinajstić information content (AvgIpc) is 3.25. The van der Waals surface area contributed by atoms with E-state index in [9.17, 15) is 9.18 Å². The Bertz CT molecular complexity index is 1330. The van der Waals surface area contributed by atoms with Crippen molar-refractivity contribution in [3.05, 3.63) is 111 Å². The number of carbonyl (C=O) groups is 1. The number of benzene rings is 3. The highest BCUT2D eigenvalue weighted by molar-refractivity contribution is 6.31. The maximum Gasteiger partial charge on any atom is 0.294 e. The number of nitrogens with one attached hydrogen (secondary N) is 1. The number of nitrogens with zero attached hydrogens (tertiary/aromatic N) is 1. The van der Waals surface area contributed by atoms with E-state index >= 15 is 4.39 Å². The van der Waals surface area contributed by atoms with Crippen LogP contribution in [0.4, 0.5) is 8.78 Å². The predicted molar refractivity (Wildman–Crippen MR) is 123 cm³/mol. The molecule has 0 radical (unpaired) electrons. The summed E-state index contributed by atoms with van der Waals surface area (Å²) in [7, 11) is 0. The summed E-state index contributed by atoms with van der Waals surface area (Å²) in [5.41, 5.74) is 1.44. The van der Waals surface area contributed by atoms with Crippen LogP contribution in [-0.4, -0.2) is 16.4 Å². The molecule has 0 aliphatic rings. The highest BCUT2D eigenvalue weighted by atomic mass is 35.5. The lowest BCUT2D eigenvalue weighted by Gasteiger charge is -2.34. The Morgan fingerprint density at radius 3 is 2.52 bits per heavy atom. The van der Waals surface area contributed by atoms with Gasteiger partial charge in [0.15, 0.2) is 5.60 Å². The number of carbonyl (C=O) groups excluding carboxylic acids is 1. The summed E-state index contributed by atoms with van der Waals surface area (Å²) >= 11 is 12.2. The second-order valence-electron chi connectivity index (χ2n) is 7.52. The molecule has 0 bridgehead atoms. The Morgan fingerprint density at radius 1 is 1.03 bits per heavy atom. The Kier molecular flexibility index (Phi) is 6.49. The van der Waals surface area contributed by atoms with Crippen LogP contribution in [-0.2, 0) is 21.6 Å². The molecule has 8 heteroatoms. The van der Waals surface area contributed by atoms with Gasteiger partial charge >= 0.3 is 0 Å². The zero-order valence-corrected chi connectivity index (χ0v) is 18.9. The van der Waals surface area contributed by atoms with Crippen LogP contribution in [0.2, 0.25) is 10.0 Å². The summed E-state index contributed by atoms with van der Waals surface area (Å²) in [6.07, 6.45) is 1.46. The van der Waals surface area contributed by atoms with Gasteiger partial charge in [-0.2, -0.15) is 0 Å². The second kappa shape index (κ2) is 9.33. The molecule has 0 saturated heterocycles. The first-order valence-corrected chi connectivity index (χ1v) is 10.7. The second-order valence-corrected chi connectivity index (χ2v) is 8.36. The standard InChI is InChI=1S/C25H18Cl2F2N2O2/c1-15-4-2-3-5-18(15)25(33-14-32,19-11-17(26)7-9-21(19)28)12-23-24(31-13-30-23)16-6-8-22(29)20(27)10-16/h2-11,13-14H,12H2,1H3,(H,30,31). The van der Waals surface area contributed by atoms with E-state index in [1.54, 1.807) is 12.1 Å². The van der Waals surface area contributed by atoms with Crippen molar-refractivity contribution in [2.45, 2.75) is 18.9 Å². The fourth-order valence-electron chi connectivity index (χ4n) is 4.02. The number of imidazole rings is 1. The first kappa shape index (κ1) is 23.0. The highest BCUT2D eigenvalue weighted by Crippen LogP contribution is 2.42. The molecule has 0 saturated carbocycles. The van der Waals surface area contributed by atoms with Crippen LogP contribution in [0.25, 0.3) is 11.3 Å². The predicted octanol–water partition coefficient (Wildman–Crippen LogP) is 6.63. The average molecular weight is 487 g/mol. The molecule has 0 aliphatic carbocycles. The minimum Gasteiger partial charge on any atom is -0.451 e. The maximum absolute atomic E-state index is 15.2. The Morgan fingerprint density at radius 2 is 1.79 bits per heavy atom. The maximum atomic E-state index is 15.2. The van der Waals surface area contributed by atoms with Crippen molar-refractivity contribution in [2.24, 2.45) is 0 Å². The highest BCUT2D eigenvalue weighted by Gasteiger charge is 2.41. The van der Waals surface area contributed by atoms with E-state index in [4.69, 9.17) is 27.9 Å². The molecule has 0 spiro atoms. The van der Waals surface area contributed by atoms with Crippen LogP contribution in [0.1, 0.15) is 22.4 Å². The molecule has 1 heterocycles. The fourth-order valence-corrected chi connectivity index (χ4v) is 4.37. The number of aryl methyl sites for hydroxylation is 1. The van der Waals surface area contributed by atoms with Crippen LogP contribution in [0.3, 0.4) is 0 Å². The van der Waals surface area contributed by atoms with Gasteiger partial charge in [0.2, 0.25) is 0 Å². The van der Waals surface area contributed by atoms with E-state index in [-0.39, 0.29) is 28.5 Å². The molecule has 4 aromatic rings. The van der Waals surface area contributed by atoms with Crippen molar-refractivity contribution in [1.29, 1.82) is 0 Å². The minimum atomic E-state index is -1.56. The van der Waals surface area contributed by atoms with Gasteiger partial charge in [-0.25, -0.2) is 13.8 Å². The number of halogens is 4. The summed E-state index contributed by atoms with van der Waals surface area (Å²) in [5, 5.41) is 0.227. The lowest BCUT2D eigenvalue weighted by Crippen LogP contribution is -2.36. The largest absolute Gasteiger partial charge is 0.451 e. The molecule has 168 valence electrons. The first-order chi connectivity index (χ1) is 15.9. The van der Waals surface area contributed by atoms with Gasteiger partial charge in [-0.3, -0.25) is 4.79 Å². The number of hydrogen-bond acceptors (Lipinski definition) is 3. The number of aromatic amines is 1. The van der Waals surface area contributed by atoms with Crippen molar-refractivity contribution in [3.8, 4) is 11.3 Å². The molecular weight excluding hydrogens is 469 g/mol. The number of H-pyrrole nitrogens is 1. The topological polar surface area (TPSA) is 55.0 Å². The van der Waals surface area contributed by atoms with Gasteiger partial charge in [0.05, 0.1) is 17.0 Å². The SMILES string of the molecule is Cc1ccccc1C(Cc1[nH]cnc1-c1ccc(F)c(Cl)c1)(OC=O)c1cc(Cl)ccc1F. The summed E-state index contributed by atoms with van der Waals surface area (Å²) < 4.78 is 34.6. The lowest BCUT2D eigenvalue weighted by molar-refractivity contribution is -0.140. The molecule has 1 atom stereocenters. The quantitative estimate of drug-likeness (QED) is 0.298. The molecule has 3 aromatic carbocycles. The molecule has 4 nitrogen and oxygen atoms in total. The van der Waals surface area contributed by atoms with E-state index in [1.807, 2.05) is 19.1 Å². The Hall–Kier alpha value is -3.22. The van der Waals surface area contributed by atoms with E-state index < -0.39 is 17.2 Å². The van der Waals surface area contributed by atoms with Gasteiger partial charge in [0, 0.05) is 33.8 Å². The third-order valence-corrected chi connectivity index (χ3v) is 6.05. The molecule has 1 N–H and O–H groups in total. The molecule has 33 heavy (non-hydrogen) atoms. The molecule has 0 aliphatic heterocycles. The van der Waals surface area contributed by atoms with Crippen molar-refractivity contribution in [3.63, 3.8) is 0 Å². The number of rotatable bonds is 7. The fraction of sp³-hybridized carbons (Fsp3) is 0.120. The molecule has 0 amide bonds. The van der Waals surface area contributed by atoms with Gasteiger partial charge in [0.1, 0.15) is 11.6 Å². The minimum absolute atomic E-state index is 0.00180. The summed E-state index contributed by atoms with van der Waals surface area (Å²) in [6.45, 7) is 2.13. The molecule has 4 rings (SSSR count). The molecule has 0 fully saturated rings. The van der Waals surface area contributed by atoms with Crippen LogP contribution in [0, 0.1) is 18.6 Å². The van der Waals surface area contributed by atoms with Crippen molar-refractivity contribution in [1.82, 2.24) is 9.97 Å². The number of ether oxygens (including phenoxy) is 1. The van der Waals surface area contributed by atoms with Gasteiger partial charge in [-0.15, -0.1) is 0 Å². The first-order valence-electron chi connectivity index (χ1n) is 9.96. The third kappa shape index (κ3) is 4.36. The van der Waals surface area contributed by atoms with Crippen LogP contribution < -0.4 is 0 Å². The monoisotopic (exact) mass is 486 g/mol. The normalized spacial score (nSPS) is 12.9. The van der Waals surface area contributed by atoms with Crippen LogP contribution in [0.15, 0.2) is 67.0 Å². The van der Waals surface area contributed by atoms with Crippen molar-refractivity contribution >= 4 is 29.7 Å². The van der Waals surface area contributed by atoms with E-state index in [0.29, 0.717) is 22.5 Å². The summed E-state index contributed by atoms with van der Waals surface area (Å²) in [4.78, 5) is 19.2. The van der Waals surface area contributed by atoms with Crippen molar-refractivity contribution < 1.29 is 18.3 Å². The zero-order chi connectivity index (χ0) is 23.6. The van der Waals surface area contributed by atoms with Gasteiger partial charge in [-0.1, -0.05) is 47.5 Å². The van der Waals surface area contributed by atoms with Gasteiger partial charge in [-0.05, 0) is 48.9 Å². The Labute approximate surface area is 199 Å². The summed E-state index contributed by atoms with van der Waals surface area (Å²) in [6, 6.07) is 15.5.